The number of aromatic nitrogens is 3. The largest absolute Gasteiger partial charge is 0.416 e. The summed E-state index contributed by atoms with van der Waals surface area (Å²) >= 11 is 0. The van der Waals surface area contributed by atoms with E-state index in [-0.39, 0.29) is 24.0 Å². The Hall–Kier alpha value is -4.45. The molecule has 2 amide bonds. The number of alkyl halides is 3. The van der Waals surface area contributed by atoms with Crippen molar-refractivity contribution in [1.82, 2.24) is 25.2 Å². The van der Waals surface area contributed by atoms with E-state index in [2.05, 4.69) is 20.6 Å². The predicted molar refractivity (Wildman–Crippen MR) is 150 cm³/mol. The zero-order valence-electron chi connectivity index (χ0n) is 23.1. The van der Waals surface area contributed by atoms with Crippen molar-refractivity contribution >= 4 is 23.3 Å². The van der Waals surface area contributed by atoms with Crippen molar-refractivity contribution in [3.05, 3.63) is 95.3 Å². The lowest BCUT2D eigenvalue weighted by molar-refractivity contribution is -0.137. The molecule has 0 bridgehead atoms. The first kappa shape index (κ1) is 29.1. The Labute approximate surface area is 240 Å². The van der Waals surface area contributed by atoms with Gasteiger partial charge >= 0.3 is 6.18 Å². The number of methoxy groups -OCH3 is 1. The summed E-state index contributed by atoms with van der Waals surface area (Å²) in [5, 5.41) is 9.40. The number of carbonyl (C=O) groups is 2. The molecule has 0 spiro atoms. The molecule has 4 aromatic rings. The maximum Gasteiger partial charge on any atom is 0.416 e. The Morgan fingerprint density at radius 1 is 1.10 bits per heavy atom. The summed E-state index contributed by atoms with van der Waals surface area (Å²) in [6.07, 6.45) is -0.428. The monoisotopic (exact) mass is 580 g/mol. The highest BCUT2D eigenvalue weighted by atomic mass is 19.4. The Morgan fingerprint density at radius 2 is 1.88 bits per heavy atom. The number of hydrogen-bond donors (Lipinski definition) is 2. The van der Waals surface area contributed by atoms with E-state index in [1.54, 1.807) is 30.0 Å². The average molecular weight is 581 g/mol. The average Bonchev–Trinajstić information content (AvgIpc) is 3.48. The minimum Gasteiger partial charge on any atom is -0.380 e. The molecule has 12 heteroatoms. The second-order valence-electron chi connectivity index (χ2n) is 10.3. The number of rotatable bonds is 8. The molecule has 220 valence electrons. The van der Waals surface area contributed by atoms with Crippen LogP contribution >= 0.6 is 0 Å². The molecule has 1 saturated heterocycles. The van der Waals surface area contributed by atoms with E-state index in [0.717, 1.165) is 35.6 Å². The van der Waals surface area contributed by atoms with Crippen LogP contribution in [0.5, 0.6) is 0 Å². The van der Waals surface area contributed by atoms with E-state index in [9.17, 15) is 22.8 Å². The van der Waals surface area contributed by atoms with Gasteiger partial charge in [-0.1, -0.05) is 24.3 Å². The number of nitrogens with zero attached hydrogens (tertiary/aromatic N) is 4. The number of hydrogen-bond acceptors (Lipinski definition) is 6. The lowest BCUT2D eigenvalue weighted by Crippen LogP contribution is -2.43. The molecular weight excluding hydrogens is 549 g/mol. The topological polar surface area (TPSA) is 101 Å². The van der Waals surface area contributed by atoms with Crippen LogP contribution in [0.2, 0.25) is 0 Å². The molecule has 3 unspecified atom stereocenters. The van der Waals surface area contributed by atoms with Gasteiger partial charge in [-0.2, -0.15) is 18.3 Å². The van der Waals surface area contributed by atoms with E-state index < -0.39 is 29.6 Å². The normalized spacial score (nSPS) is 18.1. The summed E-state index contributed by atoms with van der Waals surface area (Å²) in [6.45, 7) is 1.39. The quantitative estimate of drug-likeness (QED) is 0.321. The summed E-state index contributed by atoms with van der Waals surface area (Å²) < 4.78 is 47.4. The van der Waals surface area contributed by atoms with E-state index in [1.165, 1.54) is 19.2 Å². The smallest absolute Gasteiger partial charge is 0.380 e. The highest BCUT2D eigenvalue weighted by Gasteiger charge is 2.32. The molecular formula is C30H31F3N6O3. The molecule has 3 heterocycles. The van der Waals surface area contributed by atoms with Crippen molar-refractivity contribution in [2.24, 2.45) is 0 Å². The molecule has 9 nitrogen and oxygen atoms in total. The molecule has 0 aliphatic carbocycles. The van der Waals surface area contributed by atoms with Crippen LogP contribution < -0.4 is 15.5 Å². The fourth-order valence-corrected chi connectivity index (χ4v) is 5.25. The highest BCUT2D eigenvalue weighted by Crippen LogP contribution is 2.33. The van der Waals surface area contributed by atoms with Gasteiger partial charge in [0, 0.05) is 51.0 Å². The fraction of sp³-hybridized carbons (Fsp3) is 0.333. The van der Waals surface area contributed by atoms with Crippen LogP contribution in [-0.4, -0.2) is 59.8 Å². The van der Waals surface area contributed by atoms with E-state index >= 15 is 0 Å². The minimum atomic E-state index is -4.55. The number of anilines is 1. The molecule has 2 aromatic heterocycles. The standard InChI is InChI=1S/C30H31F3N6O3/c1-34-28(40)16-25(21-4-3-5-23(14-21)30(31,32)33)36-29(41)20-8-6-19(7-9-20)22-15-24(42-2)18-38(17-22)26-11-13-39-27(37-26)10-12-35-39/h3-14,22,24-25H,15-18H2,1-2H3,(H,34,40)(H,36,41). The summed E-state index contributed by atoms with van der Waals surface area (Å²) in [7, 11) is 3.12. The third-order valence-electron chi connectivity index (χ3n) is 7.55. The third kappa shape index (κ3) is 6.54. The lowest BCUT2D eigenvalue weighted by atomic mass is 9.88. The van der Waals surface area contributed by atoms with E-state index in [1.807, 2.05) is 30.5 Å². The number of amides is 2. The Kier molecular flexibility index (Phi) is 8.44. The van der Waals surface area contributed by atoms with Gasteiger partial charge in [0.2, 0.25) is 5.91 Å². The van der Waals surface area contributed by atoms with Crippen LogP contribution in [0.1, 0.15) is 51.8 Å². The van der Waals surface area contributed by atoms with Crippen molar-refractivity contribution < 1.29 is 27.5 Å². The Bertz CT molecular complexity index is 1560. The van der Waals surface area contributed by atoms with E-state index in [0.29, 0.717) is 18.7 Å². The molecule has 2 aromatic carbocycles. The summed E-state index contributed by atoms with van der Waals surface area (Å²) in [5.41, 5.74) is 1.43. The first-order chi connectivity index (χ1) is 20.1. The van der Waals surface area contributed by atoms with Gasteiger partial charge < -0.3 is 20.3 Å². The van der Waals surface area contributed by atoms with Crippen molar-refractivity contribution in [2.45, 2.75) is 37.1 Å². The van der Waals surface area contributed by atoms with Crippen molar-refractivity contribution in [3.63, 3.8) is 0 Å². The van der Waals surface area contributed by atoms with Crippen molar-refractivity contribution in [2.75, 3.05) is 32.1 Å². The third-order valence-corrected chi connectivity index (χ3v) is 7.55. The minimum absolute atomic E-state index is 0.0207. The van der Waals surface area contributed by atoms with Gasteiger partial charge in [0.1, 0.15) is 5.82 Å². The van der Waals surface area contributed by atoms with Gasteiger partial charge in [-0.25, -0.2) is 9.50 Å². The number of nitrogens with one attached hydrogen (secondary N) is 2. The zero-order chi connectivity index (χ0) is 29.9. The van der Waals surface area contributed by atoms with Gasteiger partial charge in [0.05, 0.1) is 30.3 Å². The van der Waals surface area contributed by atoms with Gasteiger partial charge in [-0.15, -0.1) is 0 Å². The first-order valence-electron chi connectivity index (χ1n) is 13.5. The molecule has 2 N–H and O–H groups in total. The molecule has 42 heavy (non-hydrogen) atoms. The van der Waals surface area contributed by atoms with Crippen molar-refractivity contribution in [3.8, 4) is 0 Å². The lowest BCUT2D eigenvalue weighted by Gasteiger charge is -2.38. The Morgan fingerprint density at radius 3 is 2.60 bits per heavy atom. The van der Waals surface area contributed by atoms with Crippen LogP contribution in [0, 0.1) is 0 Å². The molecule has 0 saturated carbocycles. The number of ether oxygens (including phenoxy) is 1. The van der Waals surface area contributed by atoms with Crippen LogP contribution in [0.25, 0.3) is 5.65 Å². The molecule has 1 aliphatic heterocycles. The van der Waals surface area contributed by atoms with Gasteiger partial charge in [0.15, 0.2) is 5.65 Å². The Balaban J connectivity index is 1.32. The zero-order valence-corrected chi connectivity index (χ0v) is 23.1. The van der Waals surface area contributed by atoms with Crippen LogP contribution in [0.3, 0.4) is 0 Å². The summed E-state index contributed by atoms with van der Waals surface area (Å²) in [5.74, 6) is 0.0213. The SMILES string of the molecule is CNC(=O)CC(NC(=O)c1ccc(C2CC(OC)CN(c3ccn4nccc4n3)C2)cc1)c1cccc(C(F)(F)F)c1. The molecule has 5 rings (SSSR count). The van der Waals surface area contributed by atoms with Crippen LogP contribution in [0.4, 0.5) is 19.0 Å². The summed E-state index contributed by atoms with van der Waals surface area (Å²) in [4.78, 5) is 32.2. The van der Waals surface area contributed by atoms with Gasteiger partial charge in [-0.05, 0) is 47.9 Å². The van der Waals surface area contributed by atoms with Crippen molar-refractivity contribution in [1.29, 1.82) is 0 Å². The number of carbonyl (C=O) groups excluding carboxylic acids is 2. The second kappa shape index (κ2) is 12.2. The van der Waals surface area contributed by atoms with Gasteiger partial charge in [0.25, 0.3) is 5.91 Å². The highest BCUT2D eigenvalue weighted by molar-refractivity contribution is 5.94. The second-order valence-corrected chi connectivity index (χ2v) is 10.3. The molecule has 1 aliphatic rings. The molecule has 0 radical (unpaired) electrons. The fourth-order valence-electron chi connectivity index (χ4n) is 5.25. The van der Waals surface area contributed by atoms with Crippen LogP contribution in [0.15, 0.2) is 73.1 Å². The summed E-state index contributed by atoms with van der Waals surface area (Å²) in [6, 6.07) is 14.6. The number of halogens is 3. The van der Waals surface area contributed by atoms with Gasteiger partial charge in [-0.3, -0.25) is 9.59 Å². The van der Waals surface area contributed by atoms with Crippen LogP contribution in [-0.2, 0) is 15.7 Å². The molecule has 1 fully saturated rings. The number of fused-ring (bicyclic) bond motifs is 1. The first-order valence-corrected chi connectivity index (χ1v) is 13.5. The number of piperidine rings is 1. The number of benzene rings is 2. The maximum atomic E-state index is 13.3. The van der Waals surface area contributed by atoms with E-state index in [4.69, 9.17) is 9.72 Å². The predicted octanol–water partition coefficient (Wildman–Crippen LogP) is 4.36. The molecule has 3 atom stereocenters. The maximum absolute atomic E-state index is 13.3.